The lowest BCUT2D eigenvalue weighted by molar-refractivity contribution is 1.18. The maximum absolute atomic E-state index is 4.23. The van der Waals surface area contributed by atoms with Crippen LogP contribution in [0.25, 0.3) is 6.08 Å². The summed E-state index contributed by atoms with van der Waals surface area (Å²) in [4.78, 5) is 4.23. The summed E-state index contributed by atoms with van der Waals surface area (Å²) in [5, 5.41) is 3.35. The molecule has 0 unspecified atom stereocenters. The summed E-state index contributed by atoms with van der Waals surface area (Å²) in [5.74, 6) is 0. The molecule has 0 radical (unpaired) electrons. The van der Waals surface area contributed by atoms with Crippen LogP contribution in [0, 0.1) is 6.92 Å². The minimum atomic E-state index is 0.856. The van der Waals surface area contributed by atoms with E-state index >= 15 is 0 Å². The number of hydrogen-bond donors (Lipinski definition) is 1. The van der Waals surface area contributed by atoms with Crippen LogP contribution in [0.1, 0.15) is 24.6 Å². The van der Waals surface area contributed by atoms with E-state index in [1.807, 2.05) is 6.07 Å². The molecule has 0 aromatic carbocycles. The second kappa shape index (κ2) is 6.02. The molecule has 2 nitrogen and oxygen atoms in total. The third kappa shape index (κ3) is 3.24. The van der Waals surface area contributed by atoms with E-state index in [-0.39, 0.29) is 0 Å². The van der Waals surface area contributed by atoms with E-state index in [1.54, 1.807) is 12.3 Å². The van der Waals surface area contributed by atoms with Crippen LogP contribution >= 0.6 is 0 Å². The van der Waals surface area contributed by atoms with Gasteiger partial charge in [0.25, 0.3) is 0 Å². The second-order valence-electron chi connectivity index (χ2n) is 3.33. The molecule has 0 aliphatic heterocycles. The first kappa shape index (κ1) is 11.5. The normalized spacial score (nSPS) is 10.5. The summed E-state index contributed by atoms with van der Waals surface area (Å²) in [7, 11) is 0. The highest BCUT2D eigenvalue weighted by Gasteiger charge is 2.00. The van der Waals surface area contributed by atoms with Crippen molar-refractivity contribution >= 4 is 11.8 Å². The summed E-state index contributed by atoms with van der Waals surface area (Å²) in [6.07, 6.45) is 8.94. The third-order valence-corrected chi connectivity index (χ3v) is 2.25. The van der Waals surface area contributed by atoms with E-state index < -0.39 is 0 Å². The second-order valence-corrected chi connectivity index (χ2v) is 3.33. The predicted octanol–water partition coefficient (Wildman–Crippen LogP) is 3.41. The first-order valence-electron chi connectivity index (χ1n) is 5.26. The SMILES string of the molecule is C=Cc1nccc(NCC=CCC)c1C. The number of pyridine rings is 1. The van der Waals surface area contributed by atoms with Crippen LogP contribution in [0.3, 0.4) is 0 Å². The van der Waals surface area contributed by atoms with Gasteiger partial charge in [0, 0.05) is 18.4 Å². The molecule has 2 heteroatoms. The largest absolute Gasteiger partial charge is 0.381 e. The number of nitrogens with zero attached hydrogens (tertiary/aromatic N) is 1. The van der Waals surface area contributed by atoms with Crippen molar-refractivity contribution in [1.82, 2.24) is 4.98 Å². The van der Waals surface area contributed by atoms with Gasteiger partial charge < -0.3 is 5.32 Å². The van der Waals surface area contributed by atoms with Gasteiger partial charge in [-0.1, -0.05) is 25.7 Å². The number of nitrogens with one attached hydrogen (secondary N) is 1. The van der Waals surface area contributed by atoms with Crippen molar-refractivity contribution < 1.29 is 0 Å². The van der Waals surface area contributed by atoms with E-state index in [0.29, 0.717) is 0 Å². The van der Waals surface area contributed by atoms with E-state index in [2.05, 4.69) is 42.9 Å². The first-order valence-corrected chi connectivity index (χ1v) is 5.26. The first-order chi connectivity index (χ1) is 7.29. The maximum Gasteiger partial charge on any atom is 0.0673 e. The van der Waals surface area contributed by atoms with Gasteiger partial charge in [-0.05, 0) is 31.1 Å². The fraction of sp³-hybridized carbons (Fsp3) is 0.308. The van der Waals surface area contributed by atoms with E-state index in [1.165, 1.54) is 0 Å². The van der Waals surface area contributed by atoms with E-state index in [4.69, 9.17) is 0 Å². The fourth-order valence-corrected chi connectivity index (χ4v) is 1.37. The minimum Gasteiger partial charge on any atom is -0.381 e. The minimum absolute atomic E-state index is 0.856. The lowest BCUT2D eigenvalue weighted by Crippen LogP contribution is -2.01. The van der Waals surface area contributed by atoms with Crippen LogP contribution in [0.5, 0.6) is 0 Å². The molecule has 0 saturated carbocycles. The Bertz CT molecular complexity index is 354. The number of rotatable bonds is 5. The molecule has 1 heterocycles. The van der Waals surface area contributed by atoms with Gasteiger partial charge in [0.1, 0.15) is 0 Å². The van der Waals surface area contributed by atoms with Crippen molar-refractivity contribution in [2.24, 2.45) is 0 Å². The quantitative estimate of drug-likeness (QED) is 0.740. The molecule has 1 aromatic heterocycles. The topological polar surface area (TPSA) is 24.9 Å². The maximum atomic E-state index is 4.23. The molecule has 0 aliphatic carbocycles. The smallest absolute Gasteiger partial charge is 0.0673 e. The molecular weight excluding hydrogens is 184 g/mol. The Morgan fingerprint density at radius 2 is 2.27 bits per heavy atom. The molecule has 0 fully saturated rings. The molecule has 80 valence electrons. The average Bonchev–Trinajstić information content (AvgIpc) is 2.26. The van der Waals surface area contributed by atoms with E-state index in [0.717, 1.165) is 29.9 Å². The van der Waals surface area contributed by atoms with Crippen LogP contribution in [0.4, 0.5) is 5.69 Å². The van der Waals surface area contributed by atoms with Gasteiger partial charge in [-0.15, -0.1) is 0 Å². The molecule has 1 aromatic rings. The van der Waals surface area contributed by atoms with Gasteiger partial charge in [-0.25, -0.2) is 0 Å². The third-order valence-electron chi connectivity index (χ3n) is 2.25. The number of hydrogen-bond acceptors (Lipinski definition) is 2. The molecular formula is C13H18N2. The van der Waals surface area contributed by atoms with Gasteiger partial charge in [-0.2, -0.15) is 0 Å². The van der Waals surface area contributed by atoms with Crippen molar-refractivity contribution in [3.63, 3.8) is 0 Å². The summed E-state index contributed by atoms with van der Waals surface area (Å²) in [6, 6.07) is 1.99. The number of aromatic nitrogens is 1. The molecule has 0 amide bonds. The molecule has 15 heavy (non-hydrogen) atoms. The Hall–Kier alpha value is -1.57. The monoisotopic (exact) mass is 202 g/mol. The highest BCUT2D eigenvalue weighted by atomic mass is 14.9. The molecule has 0 bridgehead atoms. The summed E-state index contributed by atoms with van der Waals surface area (Å²) in [5.41, 5.74) is 3.22. The van der Waals surface area contributed by atoms with Crippen molar-refractivity contribution in [3.05, 3.63) is 42.3 Å². The molecule has 0 saturated heterocycles. The van der Waals surface area contributed by atoms with Crippen molar-refractivity contribution in [2.75, 3.05) is 11.9 Å². The summed E-state index contributed by atoms with van der Waals surface area (Å²) >= 11 is 0. The Morgan fingerprint density at radius 1 is 1.47 bits per heavy atom. The zero-order valence-corrected chi connectivity index (χ0v) is 9.46. The summed E-state index contributed by atoms with van der Waals surface area (Å²) in [6.45, 7) is 8.78. The van der Waals surface area contributed by atoms with Crippen LogP contribution in [0.15, 0.2) is 31.0 Å². The Balaban J connectivity index is 2.68. The predicted molar refractivity (Wildman–Crippen MR) is 67.0 cm³/mol. The lowest BCUT2D eigenvalue weighted by atomic mass is 10.2. The highest BCUT2D eigenvalue weighted by molar-refractivity contribution is 5.59. The van der Waals surface area contributed by atoms with Crippen LogP contribution in [-0.2, 0) is 0 Å². The Kier molecular flexibility index (Phi) is 4.61. The Morgan fingerprint density at radius 3 is 2.93 bits per heavy atom. The van der Waals surface area contributed by atoms with Gasteiger partial charge in [0.15, 0.2) is 0 Å². The highest BCUT2D eigenvalue weighted by Crippen LogP contribution is 2.16. The zero-order chi connectivity index (χ0) is 11.1. The molecule has 0 aliphatic rings. The van der Waals surface area contributed by atoms with Crippen molar-refractivity contribution in [1.29, 1.82) is 0 Å². The molecule has 1 N–H and O–H groups in total. The van der Waals surface area contributed by atoms with Crippen molar-refractivity contribution in [2.45, 2.75) is 20.3 Å². The van der Waals surface area contributed by atoms with Gasteiger partial charge in [-0.3, -0.25) is 4.98 Å². The van der Waals surface area contributed by atoms with Crippen LogP contribution in [-0.4, -0.2) is 11.5 Å². The van der Waals surface area contributed by atoms with Crippen molar-refractivity contribution in [3.8, 4) is 0 Å². The van der Waals surface area contributed by atoms with Crippen LogP contribution < -0.4 is 5.32 Å². The standard InChI is InChI=1S/C13H18N2/c1-4-6-7-9-14-13-8-10-15-12(5-2)11(13)3/h5-8,10H,2,4,9H2,1,3H3,(H,14,15). The lowest BCUT2D eigenvalue weighted by Gasteiger charge is -2.08. The molecule has 1 rings (SSSR count). The zero-order valence-electron chi connectivity index (χ0n) is 9.46. The van der Waals surface area contributed by atoms with Crippen LogP contribution in [0.2, 0.25) is 0 Å². The van der Waals surface area contributed by atoms with Gasteiger partial charge >= 0.3 is 0 Å². The molecule has 0 spiro atoms. The molecule has 0 atom stereocenters. The van der Waals surface area contributed by atoms with E-state index in [9.17, 15) is 0 Å². The number of allylic oxidation sites excluding steroid dienone is 1. The average molecular weight is 202 g/mol. The number of anilines is 1. The van der Waals surface area contributed by atoms with Gasteiger partial charge in [0.05, 0.1) is 5.69 Å². The van der Waals surface area contributed by atoms with Gasteiger partial charge in [0.2, 0.25) is 0 Å². The Labute approximate surface area is 91.7 Å². The fourth-order valence-electron chi connectivity index (χ4n) is 1.37. The summed E-state index contributed by atoms with van der Waals surface area (Å²) < 4.78 is 0.